The molecule has 134 valence electrons. The Bertz CT molecular complexity index is 723. The molecule has 1 aliphatic heterocycles. The lowest BCUT2D eigenvalue weighted by Gasteiger charge is -2.32. The van der Waals surface area contributed by atoms with Gasteiger partial charge in [-0.1, -0.05) is 0 Å². The van der Waals surface area contributed by atoms with Crippen LogP contribution in [0.15, 0.2) is 18.6 Å². The van der Waals surface area contributed by atoms with Gasteiger partial charge in [0.1, 0.15) is 6.33 Å². The number of aromatic nitrogens is 3. The van der Waals surface area contributed by atoms with Gasteiger partial charge < -0.3 is 14.8 Å². The molecule has 3 heterocycles. The average Bonchev–Trinajstić information content (AvgIpc) is 3.01. The number of carbonyl (C=O) groups excluding carboxylic acids is 1. The van der Waals surface area contributed by atoms with E-state index in [1.54, 1.807) is 7.11 Å². The van der Waals surface area contributed by atoms with Gasteiger partial charge in [-0.3, -0.25) is 9.69 Å². The molecule has 1 aliphatic rings. The average molecular weight is 363 g/mol. The molecule has 1 atom stereocenters. The topological polar surface area (TPSA) is 89.5 Å². The van der Waals surface area contributed by atoms with Crippen molar-refractivity contribution in [2.75, 3.05) is 32.1 Å². The fourth-order valence-corrected chi connectivity index (χ4v) is 3.59. The van der Waals surface area contributed by atoms with E-state index in [-0.39, 0.29) is 12.0 Å². The molecule has 1 fully saturated rings. The van der Waals surface area contributed by atoms with Gasteiger partial charge in [0.2, 0.25) is 11.8 Å². The molecule has 3 rings (SSSR count). The van der Waals surface area contributed by atoms with E-state index in [9.17, 15) is 4.79 Å². The monoisotopic (exact) mass is 363 g/mol. The van der Waals surface area contributed by atoms with Crippen molar-refractivity contribution in [3.05, 3.63) is 29.2 Å². The normalized spacial score (nSPS) is 18.1. The van der Waals surface area contributed by atoms with Crippen LogP contribution >= 0.6 is 11.3 Å². The summed E-state index contributed by atoms with van der Waals surface area (Å²) in [6.45, 7) is 4.65. The largest absolute Gasteiger partial charge is 0.481 e. The highest BCUT2D eigenvalue weighted by Crippen LogP contribution is 2.21. The number of rotatable bonds is 6. The number of hydrogen-bond acceptors (Lipinski definition) is 8. The molecular weight excluding hydrogens is 342 g/mol. The summed E-state index contributed by atoms with van der Waals surface area (Å²) in [5.74, 6) is 0.459. The quantitative estimate of drug-likeness (QED) is 0.828. The maximum Gasteiger partial charge on any atom is 0.223 e. The molecule has 0 aromatic carbocycles. The van der Waals surface area contributed by atoms with Crippen LogP contribution in [0.25, 0.3) is 0 Å². The van der Waals surface area contributed by atoms with Crippen LogP contribution in [-0.2, 0) is 22.5 Å². The van der Waals surface area contributed by atoms with Crippen molar-refractivity contribution >= 4 is 22.4 Å². The van der Waals surface area contributed by atoms with Crippen LogP contribution in [-0.4, -0.2) is 58.7 Å². The zero-order chi connectivity index (χ0) is 17.6. The minimum atomic E-state index is -0.104. The second-order valence-corrected chi connectivity index (χ2v) is 6.91. The van der Waals surface area contributed by atoms with E-state index in [2.05, 4.69) is 25.2 Å². The zero-order valence-electron chi connectivity index (χ0n) is 14.3. The molecule has 0 radical (unpaired) electrons. The van der Waals surface area contributed by atoms with Crippen molar-refractivity contribution < 1.29 is 14.3 Å². The van der Waals surface area contributed by atoms with E-state index in [0.717, 1.165) is 36.6 Å². The Morgan fingerprint density at radius 1 is 1.48 bits per heavy atom. The SMILES string of the molecule is COc1cc(CC2CN(Cc3cnc(NC(C)=O)s3)CCO2)ncn1. The lowest BCUT2D eigenvalue weighted by molar-refractivity contribution is -0.114. The highest BCUT2D eigenvalue weighted by molar-refractivity contribution is 7.15. The number of morpholine rings is 1. The first-order valence-corrected chi connectivity index (χ1v) is 8.85. The summed E-state index contributed by atoms with van der Waals surface area (Å²) in [7, 11) is 1.59. The number of anilines is 1. The maximum absolute atomic E-state index is 11.1. The highest BCUT2D eigenvalue weighted by Gasteiger charge is 2.22. The molecule has 25 heavy (non-hydrogen) atoms. The lowest BCUT2D eigenvalue weighted by atomic mass is 10.1. The van der Waals surface area contributed by atoms with Gasteiger partial charge in [-0.05, 0) is 0 Å². The molecule has 1 N–H and O–H groups in total. The van der Waals surface area contributed by atoms with Gasteiger partial charge in [0, 0.05) is 50.1 Å². The molecule has 1 amide bonds. The number of hydrogen-bond donors (Lipinski definition) is 1. The number of methoxy groups -OCH3 is 1. The fraction of sp³-hybridized carbons (Fsp3) is 0.500. The minimum Gasteiger partial charge on any atom is -0.481 e. The predicted octanol–water partition coefficient (Wildman–Crippen LogP) is 1.34. The van der Waals surface area contributed by atoms with E-state index < -0.39 is 0 Å². The molecule has 0 saturated carbocycles. The third-order valence-corrected chi connectivity index (χ3v) is 4.68. The highest BCUT2D eigenvalue weighted by atomic mass is 32.1. The van der Waals surface area contributed by atoms with Gasteiger partial charge in [-0.15, -0.1) is 11.3 Å². The van der Waals surface area contributed by atoms with E-state index >= 15 is 0 Å². The van der Waals surface area contributed by atoms with Gasteiger partial charge >= 0.3 is 0 Å². The number of nitrogens with zero attached hydrogens (tertiary/aromatic N) is 4. The molecule has 8 nitrogen and oxygen atoms in total. The summed E-state index contributed by atoms with van der Waals surface area (Å²) < 4.78 is 11.0. The molecular formula is C16H21N5O3S. The fourth-order valence-electron chi connectivity index (χ4n) is 2.69. The summed E-state index contributed by atoms with van der Waals surface area (Å²) in [4.78, 5) is 27.1. The van der Waals surface area contributed by atoms with Crippen LogP contribution < -0.4 is 10.1 Å². The molecule has 0 spiro atoms. The van der Waals surface area contributed by atoms with E-state index in [1.165, 1.54) is 24.6 Å². The Labute approximate surface area is 150 Å². The third kappa shape index (κ3) is 5.18. The number of carbonyl (C=O) groups is 1. The summed E-state index contributed by atoms with van der Waals surface area (Å²) in [6, 6.07) is 1.84. The lowest BCUT2D eigenvalue weighted by Crippen LogP contribution is -2.42. The van der Waals surface area contributed by atoms with Crippen LogP contribution in [0.5, 0.6) is 5.88 Å². The predicted molar refractivity (Wildman–Crippen MR) is 93.7 cm³/mol. The number of thiazole rings is 1. The summed E-state index contributed by atoms with van der Waals surface area (Å²) >= 11 is 1.50. The molecule has 9 heteroatoms. The van der Waals surface area contributed by atoms with Crippen LogP contribution in [0, 0.1) is 0 Å². The second kappa shape index (κ2) is 8.32. The second-order valence-electron chi connectivity index (χ2n) is 5.80. The summed E-state index contributed by atoms with van der Waals surface area (Å²) in [5, 5.41) is 3.35. The number of amides is 1. The van der Waals surface area contributed by atoms with Crippen LogP contribution in [0.3, 0.4) is 0 Å². The minimum absolute atomic E-state index is 0.0797. The Morgan fingerprint density at radius 2 is 2.36 bits per heavy atom. The van der Waals surface area contributed by atoms with Crippen molar-refractivity contribution in [3.8, 4) is 5.88 Å². The molecule has 0 bridgehead atoms. The van der Waals surface area contributed by atoms with Crippen LogP contribution in [0.2, 0.25) is 0 Å². The van der Waals surface area contributed by atoms with E-state index in [1.807, 2.05) is 12.3 Å². The summed E-state index contributed by atoms with van der Waals surface area (Å²) in [6.07, 6.45) is 4.12. The van der Waals surface area contributed by atoms with Gasteiger partial charge in [0.25, 0.3) is 0 Å². The van der Waals surface area contributed by atoms with Crippen molar-refractivity contribution in [2.45, 2.75) is 26.0 Å². The Hall–Kier alpha value is -2.10. The van der Waals surface area contributed by atoms with Crippen molar-refractivity contribution in [3.63, 3.8) is 0 Å². The molecule has 2 aromatic heterocycles. The Kier molecular flexibility index (Phi) is 5.90. The smallest absolute Gasteiger partial charge is 0.223 e. The summed E-state index contributed by atoms with van der Waals surface area (Å²) in [5.41, 5.74) is 0.907. The standard InChI is InChI=1S/C16H21N5O3S/c1-11(22)20-16-17-7-14(25-16)9-21-3-4-24-13(8-21)5-12-6-15(23-2)19-10-18-12/h6-7,10,13H,3-5,8-9H2,1-2H3,(H,17,20,22). The van der Waals surface area contributed by atoms with Crippen molar-refractivity contribution in [1.82, 2.24) is 19.9 Å². The third-order valence-electron chi connectivity index (χ3n) is 3.78. The zero-order valence-corrected chi connectivity index (χ0v) is 15.1. The van der Waals surface area contributed by atoms with E-state index in [4.69, 9.17) is 9.47 Å². The molecule has 2 aromatic rings. The van der Waals surface area contributed by atoms with Gasteiger partial charge in [0.05, 0.1) is 25.5 Å². The maximum atomic E-state index is 11.1. The molecule has 1 unspecified atom stereocenters. The van der Waals surface area contributed by atoms with Gasteiger partial charge in [-0.25, -0.2) is 15.0 Å². The first-order chi connectivity index (χ1) is 12.1. The van der Waals surface area contributed by atoms with Crippen molar-refractivity contribution in [2.24, 2.45) is 0 Å². The Morgan fingerprint density at radius 3 is 3.16 bits per heavy atom. The van der Waals surface area contributed by atoms with Crippen molar-refractivity contribution in [1.29, 1.82) is 0 Å². The van der Waals surface area contributed by atoms with Crippen LogP contribution in [0.4, 0.5) is 5.13 Å². The van der Waals surface area contributed by atoms with Crippen LogP contribution in [0.1, 0.15) is 17.5 Å². The van der Waals surface area contributed by atoms with Gasteiger partial charge in [0.15, 0.2) is 5.13 Å². The Balaban J connectivity index is 1.55. The van der Waals surface area contributed by atoms with Gasteiger partial charge in [-0.2, -0.15) is 0 Å². The first kappa shape index (κ1) is 17.7. The van der Waals surface area contributed by atoms with E-state index in [0.29, 0.717) is 17.6 Å². The number of ether oxygens (including phenoxy) is 2. The molecule has 0 aliphatic carbocycles. The number of nitrogens with one attached hydrogen (secondary N) is 1. The molecule has 1 saturated heterocycles. The first-order valence-electron chi connectivity index (χ1n) is 8.03.